The summed E-state index contributed by atoms with van der Waals surface area (Å²) in [4.78, 5) is 9.64. The van der Waals surface area contributed by atoms with Gasteiger partial charge < -0.3 is 10.3 Å². The van der Waals surface area contributed by atoms with Gasteiger partial charge in [0.15, 0.2) is 5.65 Å². The van der Waals surface area contributed by atoms with Crippen molar-refractivity contribution in [3.05, 3.63) is 88.6 Å². The highest BCUT2D eigenvalue weighted by Gasteiger charge is 2.24. The SMILES string of the molecule is CCc1nc2c(C)cc(C)nc2n1Cc1ccc(-c2cc(N(N)/C=C(\N)C3CC3)ccc2C#N)cc1. The number of anilines is 1. The van der Waals surface area contributed by atoms with Crippen LogP contribution in [0.4, 0.5) is 5.69 Å². The molecule has 2 aromatic carbocycles. The fraction of sp³-hybridized carbons (Fsp3) is 0.276. The Hall–Kier alpha value is -4.15. The van der Waals surface area contributed by atoms with Crippen molar-refractivity contribution in [2.75, 3.05) is 5.01 Å². The van der Waals surface area contributed by atoms with Crippen molar-refractivity contribution >= 4 is 16.9 Å². The van der Waals surface area contributed by atoms with Gasteiger partial charge in [-0.25, -0.2) is 15.8 Å². The molecular weight excluding hydrogens is 446 g/mol. The molecule has 4 aromatic rings. The Morgan fingerprint density at radius 2 is 1.89 bits per heavy atom. The van der Waals surface area contributed by atoms with E-state index in [1.807, 2.05) is 19.1 Å². The third-order valence-electron chi connectivity index (χ3n) is 6.78. The summed E-state index contributed by atoms with van der Waals surface area (Å²) < 4.78 is 2.20. The summed E-state index contributed by atoms with van der Waals surface area (Å²) in [7, 11) is 0. The molecule has 2 heterocycles. The zero-order valence-electron chi connectivity index (χ0n) is 21.0. The molecule has 1 aliphatic rings. The third-order valence-corrected chi connectivity index (χ3v) is 6.78. The van der Waals surface area contributed by atoms with Gasteiger partial charge in [0.05, 0.1) is 23.9 Å². The van der Waals surface area contributed by atoms with Gasteiger partial charge in [0, 0.05) is 35.5 Å². The van der Waals surface area contributed by atoms with E-state index in [0.29, 0.717) is 18.0 Å². The monoisotopic (exact) mass is 477 g/mol. The Kier molecular flexibility index (Phi) is 6.21. The molecule has 1 saturated carbocycles. The number of aryl methyl sites for hydroxylation is 3. The predicted octanol–water partition coefficient (Wildman–Crippen LogP) is 5.09. The number of hydrogen-bond acceptors (Lipinski definition) is 6. The van der Waals surface area contributed by atoms with E-state index in [9.17, 15) is 5.26 Å². The number of nitrogens with zero attached hydrogens (tertiary/aromatic N) is 5. The van der Waals surface area contributed by atoms with Crippen molar-refractivity contribution in [1.29, 1.82) is 5.26 Å². The van der Waals surface area contributed by atoms with Gasteiger partial charge in [-0.1, -0.05) is 31.2 Å². The van der Waals surface area contributed by atoms with E-state index < -0.39 is 0 Å². The fourth-order valence-electron chi connectivity index (χ4n) is 4.64. The summed E-state index contributed by atoms with van der Waals surface area (Å²) in [6.45, 7) is 6.90. The number of rotatable bonds is 7. The lowest BCUT2D eigenvalue weighted by atomic mass is 9.98. The second-order valence-electron chi connectivity index (χ2n) is 9.57. The number of hydrogen-bond donors (Lipinski definition) is 2. The molecule has 0 saturated heterocycles. The van der Waals surface area contributed by atoms with Gasteiger partial charge >= 0.3 is 0 Å². The topological polar surface area (TPSA) is 110 Å². The summed E-state index contributed by atoms with van der Waals surface area (Å²) >= 11 is 0. The first-order valence-corrected chi connectivity index (χ1v) is 12.4. The Labute approximate surface area is 211 Å². The summed E-state index contributed by atoms with van der Waals surface area (Å²) in [6.07, 6.45) is 4.85. The Balaban J connectivity index is 1.45. The highest BCUT2D eigenvalue weighted by atomic mass is 15.4. The zero-order valence-corrected chi connectivity index (χ0v) is 21.0. The highest BCUT2D eigenvalue weighted by Crippen LogP contribution is 2.34. The van der Waals surface area contributed by atoms with Crippen LogP contribution in [0.1, 0.15) is 48.0 Å². The van der Waals surface area contributed by atoms with Gasteiger partial charge in [-0.15, -0.1) is 0 Å². The smallest absolute Gasteiger partial charge is 0.160 e. The van der Waals surface area contributed by atoms with Crippen LogP contribution in [0.25, 0.3) is 22.3 Å². The number of aromatic nitrogens is 3. The van der Waals surface area contributed by atoms with Crippen LogP contribution in [0, 0.1) is 31.1 Å². The van der Waals surface area contributed by atoms with Crippen LogP contribution in [0.3, 0.4) is 0 Å². The first kappa shape index (κ1) is 23.6. The molecule has 1 fully saturated rings. The maximum atomic E-state index is 9.72. The van der Waals surface area contributed by atoms with Crippen molar-refractivity contribution in [2.45, 2.75) is 46.6 Å². The normalized spacial score (nSPS) is 13.7. The number of allylic oxidation sites excluding steroid dienone is 1. The molecular formula is C29H31N7. The molecule has 2 aromatic heterocycles. The molecule has 7 heteroatoms. The lowest BCUT2D eigenvalue weighted by Crippen LogP contribution is -2.26. The van der Waals surface area contributed by atoms with E-state index in [1.165, 1.54) is 0 Å². The van der Waals surface area contributed by atoms with Crippen LogP contribution < -0.4 is 16.6 Å². The Morgan fingerprint density at radius 1 is 1.14 bits per heavy atom. The number of nitrogens with two attached hydrogens (primary N) is 2. The quantitative estimate of drug-likeness (QED) is 0.283. The van der Waals surface area contributed by atoms with E-state index in [1.54, 1.807) is 17.3 Å². The fourth-order valence-corrected chi connectivity index (χ4v) is 4.64. The molecule has 1 aliphatic carbocycles. The minimum absolute atomic E-state index is 0.435. The van der Waals surface area contributed by atoms with Crippen LogP contribution in [0.5, 0.6) is 0 Å². The molecule has 0 bridgehead atoms. The molecule has 36 heavy (non-hydrogen) atoms. The van der Waals surface area contributed by atoms with Crippen LogP contribution in [-0.4, -0.2) is 14.5 Å². The maximum absolute atomic E-state index is 9.72. The first-order valence-electron chi connectivity index (χ1n) is 12.4. The lowest BCUT2D eigenvalue weighted by Gasteiger charge is -2.17. The van der Waals surface area contributed by atoms with Crippen molar-refractivity contribution in [1.82, 2.24) is 14.5 Å². The minimum Gasteiger partial charge on any atom is -0.401 e. The molecule has 182 valence electrons. The summed E-state index contributed by atoms with van der Waals surface area (Å²) in [6, 6.07) is 18.3. The van der Waals surface area contributed by atoms with Crippen molar-refractivity contribution in [3.8, 4) is 17.2 Å². The largest absolute Gasteiger partial charge is 0.401 e. The maximum Gasteiger partial charge on any atom is 0.160 e. The van der Waals surface area contributed by atoms with Gasteiger partial charge in [-0.2, -0.15) is 5.26 Å². The van der Waals surface area contributed by atoms with Gasteiger partial charge in [-0.3, -0.25) is 5.01 Å². The molecule has 0 atom stereocenters. The third kappa shape index (κ3) is 4.56. The number of nitriles is 1. The van der Waals surface area contributed by atoms with Crippen molar-refractivity contribution < 1.29 is 0 Å². The molecule has 0 radical (unpaired) electrons. The number of pyridine rings is 1. The Bertz CT molecular complexity index is 1500. The molecule has 0 unspecified atom stereocenters. The number of imidazole rings is 1. The second kappa shape index (κ2) is 9.48. The van der Waals surface area contributed by atoms with Gasteiger partial charge in [0.25, 0.3) is 0 Å². The van der Waals surface area contributed by atoms with Crippen molar-refractivity contribution in [3.63, 3.8) is 0 Å². The molecule has 0 amide bonds. The van der Waals surface area contributed by atoms with E-state index in [4.69, 9.17) is 21.5 Å². The summed E-state index contributed by atoms with van der Waals surface area (Å²) in [5, 5.41) is 11.3. The molecule has 7 nitrogen and oxygen atoms in total. The van der Waals surface area contributed by atoms with Gasteiger partial charge in [-0.05, 0) is 67.6 Å². The summed E-state index contributed by atoms with van der Waals surface area (Å²) in [5.74, 6) is 7.73. The average Bonchev–Trinajstić information content (AvgIpc) is 3.67. The molecule has 0 spiro atoms. The predicted molar refractivity (Wildman–Crippen MR) is 144 cm³/mol. The Morgan fingerprint density at radius 3 is 2.56 bits per heavy atom. The summed E-state index contributed by atoms with van der Waals surface area (Å²) in [5.41, 5.74) is 15.3. The number of hydrazine groups is 1. The van der Waals surface area contributed by atoms with Gasteiger partial charge in [0.2, 0.25) is 0 Å². The zero-order chi connectivity index (χ0) is 25.4. The van der Waals surface area contributed by atoms with Crippen LogP contribution in [-0.2, 0) is 13.0 Å². The standard InChI is InChI=1S/C29H31N7/c1-4-27-34-28-18(2)13-19(3)33-29(28)35(27)16-20-5-7-21(8-6-20)25-14-24(12-11-23(25)15-30)36(32)17-26(31)22-9-10-22/h5-8,11-14,17,22H,4,9-10,16,31-32H2,1-3H3/b26-17-. The lowest BCUT2D eigenvalue weighted by molar-refractivity contribution is 0.745. The van der Waals surface area contributed by atoms with E-state index in [-0.39, 0.29) is 0 Å². The number of benzene rings is 2. The van der Waals surface area contributed by atoms with Gasteiger partial charge in [0.1, 0.15) is 11.3 Å². The molecule has 0 aliphatic heterocycles. The van der Waals surface area contributed by atoms with E-state index in [0.717, 1.165) is 75.6 Å². The first-order chi connectivity index (χ1) is 17.4. The average molecular weight is 478 g/mol. The molecule has 4 N–H and O–H groups in total. The van der Waals surface area contributed by atoms with Crippen LogP contribution in [0.2, 0.25) is 0 Å². The van der Waals surface area contributed by atoms with Crippen LogP contribution in [0.15, 0.2) is 60.4 Å². The van der Waals surface area contributed by atoms with E-state index >= 15 is 0 Å². The second-order valence-corrected chi connectivity index (χ2v) is 9.57. The number of fused-ring (bicyclic) bond motifs is 1. The van der Waals surface area contributed by atoms with E-state index in [2.05, 4.69) is 54.8 Å². The van der Waals surface area contributed by atoms with Crippen molar-refractivity contribution in [2.24, 2.45) is 17.5 Å². The highest BCUT2D eigenvalue weighted by molar-refractivity contribution is 5.77. The molecule has 5 rings (SSSR count). The minimum atomic E-state index is 0.435. The van der Waals surface area contributed by atoms with Crippen LogP contribution >= 0.6 is 0 Å².